The normalized spacial score (nSPS) is 12.8. The predicted molar refractivity (Wildman–Crippen MR) is 295 cm³/mol. The zero-order valence-electron chi connectivity index (χ0n) is 39.0. The first-order valence-corrected chi connectivity index (χ1v) is 24.7. The molecule has 0 saturated carbocycles. The maximum atomic E-state index is 5.69. The van der Waals surface area contributed by atoms with Crippen LogP contribution in [0, 0.1) is 0 Å². The quantitative estimate of drug-likeness (QED) is 0.167. The highest BCUT2D eigenvalue weighted by molar-refractivity contribution is 6.28. The molecule has 11 aromatic carbocycles. The number of nitrogens with zero attached hydrogens (tertiary/aromatic N) is 4. The Labute approximate surface area is 416 Å². The summed E-state index contributed by atoms with van der Waals surface area (Å²) >= 11 is 0. The Kier molecular flexibility index (Phi) is 8.84. The predicted octanol–water partition coefficient (Wildman–Crippen LogP) is 16.8. The molecule has 0 aliphatic heterocycles. The summed E-state index contributed by atoms with van der Waals surface area (Å²) in [6.45, 7) is 0. The highest BCUT2D eigenvalue weighted by Gasteiger charge is 2.53. The van der Waals surface area contributed by atoms with Crippen LogP contribution in [-0.2, 0) is 5.41 Å². The van der Waals surface area contributed by atoms with Crippen molar-refractivity contribution in [3.63, 3.8) is 0 Å². The molecule has 0 fully saturated rings. The molecule has 2 aliphatic carbocycles. The van der Waals surface area contributed by atoms with E-state index in [9.17, 15) is 0 Å². The molecule has 15 rings (SSSR count). The van der Waals surface area contributed by atoms with E-state index < -0.39 is 5.41 Å². The number of aromatic nitrogens is 4. The fourth-order valence-corrected chi connectivity index (χ4v) is 12.2. The third-order valence-corrected chi connectivity index (χ3v) is 15.2. The van der Waals surface area contributed by atoms with Gasteiger partial charge in [0, 0.05) is 27.5 Å². The van der Waals surface area contributed by atoms with Gasteiger partial charge in [-0.15, -0.1) is 0 Å². The molecule has 1 spiro atoms. The molecule has 72 heavy (non-hydrogen) atoms. The third-order valence-electron chi connectivity index (χ3n) is 15.2. The van der Waals surface area contributed by atoms with E-state index in [0.29, 0.717) is 17.6 Å². The summed E-state index contributed by atoms with van der Waals surface area (Å²) < 4.78 is 2.40. The first-order chi connectivity index (χ1) is 35.7. The van der Waals surface area contributed by atoms with Crippen molar-refractivity contribution in [2.75, 3.05) is 0 Å². The number of fused-ring (bicyclic) bond motifs is 17. The van der Waals surface area contributed by atoms with Crippen LogP contribution in [0.2, 0.25) is 0 Å². The smallest absolute Gasteiger partial charge is 0.238 e. The second-order valence-corrected chi connectivity index (χ2v) is 19.0. The SMILES string of the molecule is c1ccc(-c2cccc(-c3nc(-c4cccc(-c5ccccc5)c4)nc(-n4c5cc(-c6ccccc6)ccc5c5c6ccccc6c6c(c54)C4(c5ccccc5-c5ccccc54)c4ccccc4-6)n3)c2)cc1. The maximum Gasteiger partial charge on any atom is 0.238 e. The Hall–Kier alpha value is -9.51. The summed E-state index contributed by atoms with van der Waals surface area (Å²) in [5.74, 6) is 1.75. The lowest BCUT2D eigenvalue weighted by Crippen LogP contribution is -2.27. The zero-order chi connectivity index (χ0) is 47.3. The van der Waals surface area contributed by atoms with Gasteiger partial charge in [-0.2, -0.15) is 9.97 Å². The van der Waals surface area contributed by atoms with Gasteiger partial charge >= 0.3 is 0 Å². The van der Waals surface area contributed by atoms with Crippen LogP contribution >= 0.6 is 0 Å². The lowest BCUT2D eigenvalue weighted by molar-refractivity contribution is 0.795. The summed E-state index contributed by atoms with van der Waals surface area (Å²) in [5, 5.41) is 4.73. The Morgan fingerprint density at radius 3 is 1.29 bits per heavy atom. The second kappa shape index (κ2) is 15.8. The van der Waals surface area contributed by atoms with Crippen LogP contribution in [0.3, 0.4) is 0 Å². The minimum atomic E-state index is -0.664. The minimum absolute atomic E-state index is 0.554. The van der Waals surface area contributed by atoms with E-state index in [1.54, 1.807) is 0 Å². The summed E-state index contributed by atoms with van der Waals surface area (Å²) in [5.41, 5.74) is 20.0. The minimum Gasteiger partial charge on any atom is -0.277 e. The van der Waals surface area contributed by atoms with Crippen LogP contribution in [0.5, 0.6) is 0 Å². The second-order valence-electron chi connectivity index (χ2n) is 19.0. The molecule has 0 amide bonds. The number of hydrogen-bond acceptors (Lipinski definition) is 3. The number of rotatable bonds is 6. The average molecular weight is 915 g/mol. The van der Waals surface area contributed by atoms with Gasteiger partial charge in [-0.05, 0) is 101 Å². The molecule has 13 aromatic rings. The van der Waals surface area contributed by atoms with Gasteiger partial charge in [-0.3, -0.25) is 4.57 Å². The fourth-order valence-electron chi connectivity index (χ4n) is 12.2. The van der Waals surface area contributed by atoms with Gasteiger partial charge in [0.15, 0.2) is 11.6 Å². The van der Waals surface area contributed by atoms with Crippen molar-refractivity contribution in [3.8, 4) is 84.4 Å². The molecule has 2 aromatic heterocycles. The summed E-state index contributed by atoms with van der Waals surface area (Å²) in [6, 6.07) is 92.2. The van der Waals surface area contributed by atoms with E-state index in [-0.39, 0.29) is 0 Å². The van der Waals surface area contributed by atoms with Crippen LogP contribution in [0.4, 0.5) is 0 Å². The standard InChI is InChI=1S/C68H42N4/c1-4-20-43(21-5-1)46-26-18-28-49(40-46)65-69-66(50-29-19-27-47(41-50)44-22-6-2-7-23-44)71-67(70-65)72-60-42-48(45-24-8-3-9-25-45)38-39-56(60)62-54-33-11-10-32-53(54)61-55-34-14-17-37-59(55)68(63(61)64(62)72)57-35-15-12-30-51(57)52-31-13-16-36-58(52)68/h1-42H. The largest absolute Gasteiger partial charge is 0.277 e. The Morgan fingerprint density at radius 2 is 0.736 bits per heavy atom. The Balaban J connectivity index is 1.13. The van der Waals surface area contributed by atoms with Gasteiger partial charge in [0.2, 0.25) is 5.95 Å². The molecular weight excluding hydrogens is 873 g/mol. The molecule has 334 valence electrons. The first-order valence-electron chi connectivity index (χ1n) is 24.7. The molecule has 0 N–H and O–H groups in total. The van der Waals surface area contributed by atoms with Gasteiger partial charge in [0.25, 0.3) is 0 Å². The van der Waals surface area contributed by atoms with Crippen LogP contribution < -0.4 is 0 Å². The summed E-state index contributed by atoms with van der Waals surface area (Å²) in [6.07, 6.45) is 0. The van der Waals surface area contributed by atoms with Crippen LogP contribution in [-0.4, -0.2) is 19.5 Å². The Bertz CT molecular complexity index is 4180. The fraction of sp³-hybridized carbons (Fsp3) is 0.0147. The van der Waals surface area contributed by atoms with Gasteiger partial charge in [0.05, 0.1) is 16.4 Å². The van der Waals surface area contributed by atoms with E-state index in [2.05, 4.69) is 259 Å². The van der Waals surface area contributed by atoms with Crippen LogP contribution in [0.1, 0.15) is 22.3 Å². The molecule has 0 bridgehead atoms. The topological polar surface area (TPSA) is 43.6 Å². The molecular formula is C68H42N4. The summed E-state index contributed by atoms with van der Waals surface area (Å²) in [7, 11) is 0. The molecule has 0 unspecified atom stereocenters. The third kappa shape index (κ3) is 5.84. The van der Waals surface area contributed by atoms with Crippen LogP contribution in [0.15, 0.2) is 255 Å². The van der Waals surface area contributed by atoms with E-state index in [1.807, 2.05) is 0 Å². The molecule has 0 atom stereocenters. The van der Waals surface area contributed by atoms with Gasteiger partial charge in [-0.25, -0.2) is 4.98 Å². The van der Waals surface area contributed by atoms with Crippen LogP contribution in [0.25, 0.3) is 117 Å². The molecule has 0 radical (unpaired) electrons. The highest BCUT2D eigenvalue weighted by atomic mass is 15.2. The number of benzene rings is 11. The Morgan fingerprint density at radius 1 is 0.306 bits per heavy atom. The van der Waals surface area contributed by atoms with Gasteiger partial charge in [-0.1, -0.05) is 237 Å². The van der Waals surface area contributed by atoms with Crippen molar-refractivity contribution in [2.45, 2.75) is 5.41 Å². The van der Waals surface area contributed by atoms with Gasteiger partial charge < -0.3 is 0 Å². The van der Waals surface area contributed by atoms with Crippen molar-refractivity contribution in [1.82, 2.24) is 19.5 Å². The maximum absolute atomic E-state index is 5.69. The van der Waals surface area contributed by atoms with Crippen molar-refractivity contribution < 1.29 is 0 Å². The van der Waals surface area contributed by atoms with Crippen molar-refractivity contribution >= 4 is 32.6 Å². The first kappa shape index (κ1) is 40.4. The highest BCUT2D eigenvalue weighted by Crippen LogP contribution is 2.66. The molecule has 2 heterocycles. The molecule has 4 nitrogen and oxygen atoms in total. The lowest BCUT2D eigenvalue weighted by Gasteiger charge is -2.31. The van der Waals surface area contributed by atoms with Gasteiger partial charge in [0.1, 0.15) is 0 Å². The van der Waals surface area contributed by atoms with Crippen molar-refractivity contribution in [2.24, 2.45) is 0 Å². The van der Waals surface area contributed by atoms with Crippen molar-refractivity contribution in [3.05, 3.63) is 277 Å². The molecule has 2 aliphatic rings. The lowest BCUT2D eigenvalue weighted by atomic mass is 9.70. The van der Waals surface area contributed by atoms with E-state index in [4.69, 9.17) is 15.0 Å². The van der Waals surface area contributed by atoms with E-state index in [0.717, 1.165) is 60.9 Å². The van der Waals surface area contributed by atoms with Crippen molar-refractivity contribution in [1.29, 1.82) is 0 Å². The van der Waals surface area contributed by atoms with E-state index >= 15 is 0 Å². The zero-order valence-corrected chi connectivity index (χ0v) is 39.0. The monoisotopic (exact) mass is 914 g/mol. The van der Waals surface area contributed by atoms with E-state index in [1.165, 1.54) is 60.7 Å². The molecule has 4 heteroatoms. The number of hydrogen-bond donors (Lipinski definition) is 0. The molecule has 0 saturated heterocycles. The average Bonchev–Trinajstić information content (AvgIpc) is 4.08. The summed E-state index contributed by atoms with van der Waals surface area (Å²) in [4.78, 5) is 16.8.